The van der Waals surface area contributed by atoms with E-state index in [-0.39, 0.29) is 36.0 Å². The minimum absolute atomic E-state index is 0.0218. The number of nitrogens with zero attached hydrogens (tertiary/aromatic N) is 2. The van der Waals surface area contributed by atoms with Crippen LogP contribution in [0.2, 0.25) is 0 Å². The Morgan fingerprint density at radius 3 is 2.74 bits per heavy atom. The topological polar surface area (TPSA) is 57.3 Å². The molecular formula is C25H28F4N4O. The van der Waals surface area contributed by atoms with Crippen LogP contribution in [-0.2, 0) is 4.79 Å². The predicted octanol–water partition coefficient (Wildman–Crippen LogP) is 4.81. The molecule has 1 aromatic carbocycles. The summed E-state index contributed by atoms with van der Waals surface area (Å²) >= 11 is 0. The molecule has 34 heavy (non-hydrogen) atoms. The first-order valence-electron chi connectivity index (χ1n) is 11.3. The van der Waals surface area contributed by atoms with Gasteiger partial charge in [0.1, 0.15) is 5.67 Å². The summed E-state index contributed by atoms with van der Waals surface area (Å²) in [7, 11) is 1.85. The number of amides is 1. The third-order valence-corrected chi connectivity index (χ3v) is 6.24. The van der Waals surface area contributed by atoms with Crippen LogP contribution in [0.4, 0.5) is 23.2 Å². The van der Waals surface area contributed by atoms with E-state index >= 15 is 4.39 Å². The zero-order chi connectivity index (χ0) is 24.5. The lowest BCUT2D eigenvalue weighted by atomic mass is 10.0. The van der Waals surface area contributed by atoms with E-state index in [4.69, 9.17) is 0 Å². The lowest BCUT2D eigenvalue weighted by Gasteiger charge is -2.22. The van der Waals surface area contributed by atoms with Gasteiger partial charge in [0.05, 0.1) is 23.5 Å². The van der Waals surface area contributed by atoms with Crippen LogP contribution >= 0.6 is 0 Å². The highest BCUT2D eigenvalue weighted by atomic mass is 19.4. The zero-order valence-electron chi connectivity index (χ0n) is 19.0. The van der Waals surface area contributed by atoms with Gasteiger partial charge in [0, 0.05) is 42.0 Å². The number of carbonyl (C=O) groups is 1. The average molecular weight is 477 g/mol. The van der Waals surface area contributed by atoms with Gasteiger partial charge in [-0.1, -0.05) is 24.8 Å². The molecule has 1 aromatic heterocycles. The van der Waals surface area contributed by atoms with Crippen LogP contribution < -0.4 is 10.6 Å². The Labute approximate surface area is 195 Å². The molecule has 0 spiro atoms. The van der Waals surface area contributed by atoms with E-state index in [1.165, 1.54) is 0 Å². The fourth-order valence-electron chi connectivity index (χ4n) is 4.16. The van der Waals surface area contributed by atoms with Crippen molar-refractivity contribution in [2.75, 3.05) is 38.5 Å². The van der Waals surface area contributed by atoms with Gasteiger partial charge >= 0.3 is 6.18 Å². The van der Waals surface area contributed by atoms with Gasteiger partial charge in [0.25, 0.3) is 0 Å². The molecule has 9 heteroatoms. The molecule has 1 saturated heterocycles. The van der Waals surface area contributed by atoms with Gasteiger partial charge in [-0.05, 0) is 44.5 Å². The van der Waals surface area contributed by atoms with Gasteiger partial charge in [-0.2, -0.15) is 13.2 Å². The number of aromatic nitrogens is 1. The number of carbonyl (C=O) groups excluding carboxylic acids is 1. The molecule has 2 aliphatic rings. The SMILES string of the molecule is C=C(c1nc(/C=C/CNC(=O)C2CC2)cc2c(NCC3(F)CCN(C)C3)cccc12)C(F)(F)F. The van der Waals surface area contributed by atoms with E-state index in [0.717, 1.165) is 12.8 Å². The molecule has 0 bridgehead atoms. The predicted molar refractivity (Wildman–Crippen MR) is 126 cm³/mol. The van der Waals surface area contributed by atoms with E-state index < -0.39 is 17.4 Å². The molecule has 1 saturated carbocycles. The molecular weight excluding hydrogens is 448 g/mol. The van der Waals surface area contributed by atoms with Crippen molar-refractivity contribution in [2.24, 2.45) is 5.92 Å². The van der Waals surface area contributed by atoms with Crippen molar-refractivity contribution in [3.63, 3.8) is 0 Å². The first-order valence-corrected chi connectivity index (χ1v) is 11.3. The average Bonchev–Trinajstić information content (AvgIpc) is 3.58. The van der Waals surface area contributed by atoms with E-state index in [0.29, 0.717) is 36.3 Å². The highest BCUT2D eigenvalue weighted by Gasteiger charge is 2.37. The smallest absolute Gasteiger partial charge is 0.381 e. The van der Waals surface area contributed by atoms with Gasteiger partial charge < -0.3 is 15.5 Å². The highest BCUT2D eigenvalue weighted by molar-refractivity contribution is 6.00. The van der Waals surface area contributed by atoms with Gasteiger partial charge in [0.15, 0.2) is 0 Å². The maximum atomic E-state index is 15.1. The van der Waals surface area contributed by atoms with Crippen LogP contribution in [0.15, 0.2) is 36.9 Å². The summed E-state index contributed by atoms with van der Waals surface area (Å²) in [5.41, 5.74) is -1.92. The standard InChI is InChI=1S/C25H28F4N4O/c1-16(25(27,28)29)22-19-6-3-7-21(31-14-24(26)10-12-33(2)15-24)20(19)13-18(32-22)5-4-11-30-23(34)17-8-9-17/h3-7,13,17,31H,1,8-12,14-15H2,2H3,(H,30,34)/b5-4+. The summed E-state index contributed by atoms with van der Waals surface area (Å²) in [6, 6.07) is 6.55. The van der Waals surface area contributed by atoms with Crippen molar-refractivity contribution in [1.82, 2.24) is 15.2 Å². The van der Waals surface area contributed by atoms with Crippen LogP contribution in [0.1, 0.15) is 30.7 Å². The molecule has 1 amide bonds. The van der Waals surface area contributed by atoms with E-state index in [1.54, 1.807) is 36.4 Å². The maximum absolute atomic E-state index is 15.1. The number of hydrogen-bond acceptors (Lipinski definition) is 4. The highest BCUT2D eigenvalue weighted by Crippen LogP contribution is 2.37. The second-order valence-electron chi connectivity index (χ2n) is 9.19. The maximum Gasteiger partial charge on any atom is 0.417 e. The fourth-order valence-corrected chi connectivity index (χ4v) is 4.16. The number of likely N-dealkylation sites (tertiary alicyclic amines) is 1. The summed E-state index contributed by atoms with van der Waals surface area (Å²) in [5.74, 6) is 0.0486. The first-order chi connectivity index (χ1) is 16.1. The Hall–Kier alpha value is -2.94. The number of fused-ring (bicyclic) bond motifs is 1. The normalized spacial score (nSPS) is 21.3. The second kappa shape index (κ2) is 9.37. The Kier molecular flexibility index (Phi) is 6.66. The number of rotatable bonds is 8. The molecule has 0 radical (unpaired) electrons. The largest absolute Gasteiger partial charge is 0.417 e. The molecule has 4 rings (SSSR count). The van der Waals surface area contributed by atoms with Gasteiger partial charge in [-0.25, -0.2) is 9.37 Å². The van der Waals surface area contributed by atoms with Gasteiger partial charge in [-0.15, -0.1) is 0 Å². The molecule has 1 aliphatic heterocycles. The summed E-state index contributed by atoms with van der Waals surface area (Å²) < 4.78 is 55.7. The van der Waals surface area contributed by atoms with Crippen molar-refractivity contribution in [3.8, 4) is 0 Å². The molecule has 2 aromatic rings. The monoisotopic (exact) mass is 476 g/mol. The number of pyridine rings is 1. The Morgan fingerprint density at radius 1 is 1.32 bits per heavy atom. The van der Waals surface area contributed by atoms with Crippen molar-refractivity contribution in [3.05, 3.63) is 48.3 Å². The first kappa shape index (κ1) is 24.2. The van der Waals surface area contributed by atoms with Crippen molar-refractivity contribution in [2.45, 2.75) is 31.1 Å². The third-order valence-electron chi connectivity index (χ3n) is 6.24. The van der Waals surface area contributed by atoms with E-state index in [2.05, 4.69) is 22.2 Å². The summed E-state index contributed by atoms with van der Waals surface area (Å²) in [4.78, 5) is 17.9. The third kappa shape index (κ3) is 5.58. The number of benzene rings is 1. The number of nitrogens with one attached hydrogen (secondary N) is 2. The molecule has 1 atom stereocenters. The molecule has 2 fully saturated rings. The van der Waals surface area contributed by atoms with E-state index in [1.807, 2.05) is 11.9 Å². The molecule has 1 aliphatic carbocycles. The zero-order valence-corrected chi connectivity index (χ0v) is 19.0. The summed E-state index contributed by atoms with van der Waals surface area (Å²) in [6.45, 7) is 4.48. The molecule has 2 N–H and O–H groups in total. The van der Waals surface area contributed by atoms with Gasteiger partial charge in [-0.3, -0.25) is 4.79 Å². The lowest BCUT2D eigenvalue weighted by molar-refractivity contribution is -0.122. The molecule has 5 nitrogen and oxygen atoms in total. The Bertz CT molecular complexity index is 1130. The molecule has 2 heterocycles. The fraction of sp³-hybridized carbons (Fsp3) is 0.440. The number of anilines is 1. The Balaban J connectivity index is 1.64. The van der Waals surface area contributed by atoms with Crippen molar-refractivity contribution in [1.29, 1.82) is 0 Å². The van der Waals surface area contributed by atoms with E-state index in [9.17, 15) is 18.0 Å². The molecule has 1 unspecified atom stereocenters. The van der Waals surface area contributed by atoms with Crippen molar-refractivity contribution < 1.29 is 22.4 Å². The van der Waals surface area contributed by atoms with Crippen LogP contribution in [0.3, 0.4) is 0 Å². The lowest BCUT2D eigenvalue weighted by Crippen LogP contribution is -2.34. The van der Waals surface area contributed by atoms with Crippen LogP contribution in [0, 0.1) is 5.92 Å². The van der Waals surface area contributed by atoms with Crippen LogP contribution in [0.25, 0.3) is 22.4 Å². The Morgan fingerprint density at radius 2 is 2.09 bits per heavy atom. The quantitative estimate of drug-likeness (QED) is 0.537. The summed E-state index contributed by atoms with van der Waals surface area (Å²) in [5, 5.41) is 6.65. The number of halogens is 4. The minimum Gasteiger partial charge on any atom is -0.381 e. The second-order valence-corrected chi connectivity index (χ2v) is 9.19. The number of alkyl halides is 4. The van der Waals surface area contributed by atoms with Crippen LogP contribution in [0.5, 0.6) is 0 Å². The number of allylic oxidation sites excluding steroid dienone is 1. The minimum atomic E-state index is -4.65. The van der Waals surface area contributed by atoms with Crippen LogP contribution in [-0.4, -0.2) is 60.9 Å². The van der Waals surface area contributed by atoms with Crippen molar-refractivity contribution >= 4 is 34.0 Å². The summed E-state index contributed by atoms with van der Waals surface area (Å²) in [6.07, 6.45) is 0.726. The number of hydrogen-bond donors (Lipinski definition) is 2. The van der Waals surface area contributed by atoms with Gasteiger partial charge in [0.2, 0.25) is 5.91 Å². The molecule has 182 valence electrons.